The number of carbonyl (C=O) groups is 1. The Bertz CT molecular complexity index is 596. The Labute approximate surface area is 121 Å². The van der Waals surface area contributed by atoms with E-state index in [9.17, 15) is 4.79 Å². The van der Waals surface area contributed by atoms with Gasteiger partial charge >= 0.3 is 5.97 Å². The van der Waals surface area contributed by atoms with Crippen molar-refractivity contribution in [3.63, 3.8) is 0 Å². The Kier molecular flexibility index (Phi) is 4.47. The molecule has 0 aliphatic rings. The number of hydrogen-bond acceptors (Lipinski definition) is 6. The minimum atomic E-state index is -0.460. The Morgan fingerprint density at radius 1 is 1.30 bits per heavy atom. The smallest absolute Gasteiger partial charge is 0.350 e. The highest BCUT2D eigenvalue weighted by atomic mass is 32.1. The molecule has 0 aliphatic carbocycles. The van der Waals surface area contributed by atoms with E-state index in [-0.39, 0.29) is 0 Å². The highest BCUT2D eigenvalue weighted by molar-refractivity contribution is 7.19. The van der Waals surface area contributed by atoms with E-state index < -0.39 is 5.97 Å². The molecular formula is C14H16N2O3S. The summed E-state index contributed by atoms with van der Waals surface area (Å²) in [6, 6.07) is 9.92. The molecule has 20 heavy (non-hydrogen) atoms. The highest BCUT2D eigenvalue weighted by Crippen LogP contribution is 2.42. The molecule has 5 nitrogen and oxygen atoms in total. The first-order chi connectivity index (χ1) is 9.67. The zero-order valence-corrected chi connectivity index (χ0v) is 12.1. The maximum Gasteiger partial charge on any atom is 0.350 e. The molecular weight excluding hydrogens is 276 g/mol. The van der Waals surface area contributed by atoms with Crippen molar-refractivity contribution in [2.24, 2.45) is 0 Å². The molecule has 0 unspecified atom stereocenters. The number of thiophene rings is 1. The van der Waals surface area contributed by atoms with Crippen molar-refractivity contribution in [1.82, 2.24) is 0 Å². The lowest BCUT2D eigenvalue weighted by atomic mass is 10.2. The number of esters is 1. The fourth-order valence-electron chi connectivity index (χ4n) is 1.77. The van der Waals surface area contributed by atoms with Crippen LogP contribution in [0.15, 0.2) is 30.3 Å². The van der Waals surface area contributed by atoms with Gasteiger partial charge in [-0.15, -0.1) is 11.3 Å². The summed E-state index contributed by atoms with van der Waals surface area (Å²) in [7, 11) is 2.85. The van der Waals surface area contributed by atoms with Crippen LogP contribution in [0.2, 0.25) is 0 Å². The first kappa shape index (κ1) is 14.2. The average molecular weight is 292 g/mol. The Morgan fingerprint density at radius 2 is 2.00 bits per heavy atom. The largest absolute Gasteiger partial charge is 0.492 e. The maximum atomic E-state index is 11.6. The third-order valence-electron chi connectivity index (χ3n) is 2.77. The molecule has 106 valence electrons. The number of ether oxygens (including phenoxy) is 2. The molecule has 0 amide bonds. The van der Waals surface area contributed by atoms with E-state index in [1.807, 2.05) is 30.3 Å². The summed E-state index contributed by atoms with van der Waals surface area (Å²) in [5.74, 6) is 0.0184. The summed E-state index contributed by atoms with van der Waals surface area (Å²) in [5, 5.41) is 3.94. The van der Waals surface area contributed by atoms with E-state index >= 15 is 0 Å². The van der Waals surface area contributed by atoms with Crippen molar-refractivity contribution in [2.75, 3.05) is 25.3 Å². The van der Waals surface area contributed by atoms with Gasteiger partial charge in [-0.25, -0.2) is 4.79 Å². The number of nitrogen functional groups attached to an aromatic ring is 1. The number of nitrogens with two attached hydrogens (primary N) is 1. The maximum absolute atomic E-state index is 11.6. The molecule has 0 spiro atoms. The molecule has 2 rings (SSSR count). The molecule has 0 saturated carbocycles. The first-order valence-electron chi connectivity index (χ1n) is 5.99. The van der Waals surface area contributed by atoms with Crippen LogP contribution in [-0.2, 0) is 11.3 Å². The van der Waals surface area contributed by atoms with Crippen LogP contribution in [0, 0.1) is 0 Å². The highest BCUT2D eigenvalue weighted by Gasteiger charge is 2.22. The van der Waals surface area contributed by atoms with E-state index in [1.54, 1.807) is 0 Å². The lowest BCUT2D eigenvalue weighted by molar-refractivity contribution is 0.0607. The van der Waals surface area contributed by atoms with Gasteiger partial charge in [0.1, 0.15) is 15.6 Å². The van der Waals surface area contributed by atoms with Crippen molar-refractivity contribution in [2.45, 2.75) is 6.54 Å². The predicted octanol–water partition coefficient (Wildman–Crippen LogP) is 2.74. The molecule has 0 atom stereocenters. The third-order valence-corrected chi connectivity index (χ3v) is 3.89. The standard InChI is InChI=1S/C14H16N2O3S/c1-18-11-10(15)12(14(17)19-2)20-13(11)16-8-9-6-4-3-5-7-9/h3-7,16H,8,15H2,1-2H3. The van der Waals surface area contributed by atoms with Crippen LogP contribution in [0.3, 0.4) is 0 Å². The van der Waals surface area contributed by atoms with E-state index in [1.165, 1.54) is 25.6 Å². The van der Waals surface area contributed by atoms with Gasteiger partial charge in [-0.1, -0.05) is 30.3 Å². The molecule has 0 bridgehead atoms. The van der Waals surface area contributed by atoms with Crippen molar-refractivity contribution in [3.05, 3.63) is 40.8 Å². The van der Waals surface area contributed by atoms with E-state index in [0.717, 1.165) is 5.56 Å². The third kappa shape index (κ3) is 2.85. The summed E-state index contributed by atoms with van der Waals surface area (Å²) >= 11 is 1.23. The number of rotatable bonds is 5. The fourth-order valence-corrected chi connectivity index (χ4v) is 2.77. The molecule has 0 fully saturated rings. The summed E-state index contributed by atoms with van der Waals surface area (Å²) in [4.78, 5) is 12.0. The van der Waals surface area contributed by atoms with Crippen molar-refractivity contribution in [1.29, 1.82) is 0 Å². The number of nitrogens with one attached hydrogen (secondary N) is 1. The fraction of sp³-hybridized carbons (Fsp3) is 0.214. The first-order valence-corrected chi connectivity index (χ1v) is 6.81. The molecule has 0 radical (unpaired) electrons. The van der Waals surface area contributed by atoms with Crippen LogP contribution in [0.4, 0.5) is 10.7 Å². The van der Waals surface area contributed by atoms with Gasteiger partial charge < -0.3 is 20.5 Å². The lowest BCUT2D eigenvalue weighted by Gasteiger charge is -2.06. The Morgan fingerprint density at radius 3 is 2.60 bits per heavy atom. The zero-order chi connectivity index (χ0) is 14.5. The molecule has 0 saturated heterocycles. The van der Waals surface area contributed by atoms with Gasteiger partial charge in [0.25, 0.3) is 0 Å². The molecule has 1 aromatic heterocycles. The molecule has 1 aromatic carbocycles. The topological polar surface area (TPSA) is 73.6 Å². The van der Waals surface area contributed by atoms with Crippen LogP contribution in [0.1, 0.15) is 15.2 Å². The van der Waals surface area contributed by atoms with Crippen molar-refractivity contribution < 1.29 is 14.3 Å². The Hall–Kier alpha value is -2.21. The van der Waals surface area contributed by atoms with E-state index in [2.05, 4.69) is 5.32 Å². The molecule has 2 aromatic rings. The monoisotopic (exact) mass is 292 g/mol. The predicted molar refractivity (Wildman–Crippen MR) is 80.4 cm³/mol. The number of carbonyl (C=O) groups excluding carboxylic acids is 1. The summed E-state index contributed by atoms with van der Waals surface area (Å²) in [6.45, 7) is 0.623. The van der Waals surface area contributed by atoms with Crippen LogP contribution < -0.4 is 15.8 Å². The average Bonchev–Trinajstić information content (AvgIpc) is 2.81. The number of anilines is 2. The Balaban J connectivity index is 2.21. The minimum Gasteiger partial charge on any atom is -0.492 e. The van der Waals surface area contributed by atoms with Crippen LogP contribution in [-0.4, -0.2) is 20.2 Å². The van der Waals surface area contributed by atoms with Gasteiger partial charge in [0.2, 0.25) is 0 Å². The summed E-state index contributed by atoms with van der Waals surface area (Å²) in [5.41, 5.74) is 7.34. The lowest BCUT2D eigenvalue weighted by Crippen LogP contribution is -2.02. The molecule has 3 N–H and O–H groups in total. The summed E-state index contributed by atoms with van der Waals surface area (Å²) in [6.07, 6.45) is 0. The second kappa shape index (κ2) is 6.29. The zero-order valence-electron chi connectivity index (χ0n) is 11.3. The molecule has 0 aliphatic heterocycles. The normalized spacial score (nSPS) is 10.1. The molecule has 6 heteroatoms. The van der Waals surface area contributed by atoms with Gasteiger partial charge in [-0.3, -0.25) is 0 Å². The number of benzene rings is 1. The minimum absolute atomic E-state index is 0.305. The van der Waals surface area contributed by atoms with Gasteiger partial charge in [0.15, 0.2) is 5.75 Å². The van der Waals surface area contributed by atoms with E-state index in [4.69, 9.17) is 15.2 Å². The van der Waals surface area contributed by atoms with Gasteiger partial charge in [-0.05, 0) is 5.56 Å². The molecule has 1 heterocycles. The number of hydrogen-bond donors (Lipinski definition) is 2. The second-order valence-electron chi connectivity index (χ2n) is 4.04. The van der Waals surface area contributed by atoms with Gasteiger partial charge in [0.05, 0.1) is 14.2 Å². The van der Waals surface area contributed by atoms with Crippen molar-refractivity contribution >= 4 is 28.0 Å². The summed E-state index contributed by atoms with van der Waals surface area (Å²) < 4.78 is 9.96. The number of methoxy groups -OCH3 is 2. The van der Waals surface area contributed by atoms with Gasteiger partial charge in [0, 0.05) is 6.54 Å². The van der Waals surface area contributed by atoms with Crippen molar-refractivity contribution in [3.8, 4) is 5.75 Å². The second-order valence-corrected chi connectivity index (χ2v) is 5.06. The van der Waals surface area contributed by atoms with E-state index in [0.29, 0.717) is 27.9 Å². The SMILES string of the molecule is COC(=O)c1sc(NCc2ccccc2)c(OC)c1N. The van der Waals surface area contributed by atoms with Crippen LogP contribution in [0.5, 0.6) is 5.75 Å². The van der Waals surface area contributed by atoms with Crippen LogP contribution >= 0.6 is 11.3 Å². The van der Waals surface area contributed by atoms with Gasteiger partial charge in [-0.2, -0.15) is 0 Å². The van der Waals surface area contributed by atoms with Crippen LogP contribution in [0.25, 0.3) is 0 Å². The quantitative estimate of drug-likeness (QED) is 0.829.